The Balaban J connectivity index is 1.95. The summed E-state index contributed by atoms with van der Waals surface area (Å²) in [6, 6.07) is 0.290. The SMILES string of the molecule is Cc1nn(C)cc1CNC(C)c1cn[nH]c1. The molecule has 2 N–H and O–H groups in total. The number of aromatic nitrogens is 4. The van der Waals surface area contributed by atoms with Gasteiger partial charge in [0.25, 0.3) is 0 Å². The maximum absolute atomic E-state index is 4.31. The van der Waals surface area contributed by atoms with Gasteiger partial charge in [-0.15, -0.1) is 0 Å². The predicted molar refractivity (Wildman–Crippen MR) is 61.8 cm³/mol. The fourth-order valence-electron chi connectivity index (χ4n) is 1.70. The molecule has 0 saturated heterocycles. The third kappa shape index (κ3) is 2.30. The van der Waals surface area contributed by atoms with E-state index in [9.17, 15) is 0 Å². The molecule has 0 aliphatic heterocycles. The Bertz CT molecular complexity index is 443. The van der Waals surface area contributed by atoms with Gasteiger partial charge in [-0.2, -0.15) is 10.2 Å². The van der Waals surface area contributed by atoms with E-state index in [1.807, 2.05) is 37.2 Å². The second kappa shape index (κ2) is 4.49. The van der Waals surface area contributed by atoms with Gasteiger partial charge in [0.05, 0.1) is 11.9 Å². The molecule has 16 heavy (non-hydrogen) atoms. The Morgan fingerprint density at radius 2 is 2.38 bits per heavy atom. The first-order valence-corrected chi connectivity index (χ1v) is 5.38. The fraction of sp³-hybridized carbons (Fsp3) is 0.455. The van der Waals surface area contributed by atoms with Crippen molar-refractivity contribution in [3.05, 3.63) is 35.4 Å². The molecule has 0 aromatic carbocycles. The van der Waals surface area contributed by atoms with E-state index >= 15 is 0 Å². The number of hydrogen-bond acceptors (Lipinski definition) is 3. The zero-order valence-electron chi connectivity index (χ0n) is 9.86. The van der Waals surface area contributed by atoms with Crippen LogP contribution in [0.3, 0.4) is 0 Å². The number of nitrogens with zero attached hydrogens (tertiary/aromatic N) is 3. The summed E-state index contributed by atoms with van der Waals surface area (Å²) in [5, 5.41) is 14.5. The van der Waals surface area contributed by atoms with Gasteiger partial charge in [0, 0.05) is 43.2 Å². The highest BCUT2D eigenvalue weighted by atomic mass is 15.3. The number of hydrogen-bond donors (Lipinski definition) is 2. The standard InChI is InChI=1S/C11H17N5/c1-8(10-5-13-14-6-10)12-4-11-7-16(3)15-9(11)2/h5-8,12H,4H2,1-3H3,(H,13,14). The van der Waals surface area contributed by atoms with E-state index < -0.39 is 0 Å². The van der Waals surface area contributed by atoms with Crippen LogP contribution in [0.5, 0.6) is 0 Å². The van der Waals surface area contributed by atoms with Crippen LogP contribution >= 0.6 is 0 Å². The van der Waals surface area contributed by atoms with Crippen LogP contribution in [0.15, 0.2) is 18.6 Å². The van der Waals surface area contributed by atoms with Gasteiger partial charge in [0.15, 0.2) is 0 Å². The first-order valence-electron chi connectivity index (χ1n) is 5.38. The van der Waals surface area contributed by atoms with Gasteiger partial charge < -0.3 is 5.32 Å². The Kier molecular flexibility index (Phi) is 3.05. The highest BCUT2D eigenvalue weighted by Gasteiger charge is 2.08. The maximum atomic E-state index is 4.31. The molecule has 0 aliphatic carbocycles. The largest absolute Gasteiger partial charge is 0.306 e. The molecule has 5 nitrogen and oxygen atoms in total. The predicted octanol–water partition coefficient (Wildman–Crippen LogP) is 1.30. The highest BCUT2D eigenvalue weighted by Crippen LogP contribution is 2.11. The highest BCUT2D eigenvalue weighted by molar-refractivity contribution is 5.16. The second-order valence-electron chi connectivity index (χ2n) is 4.05. The summed E-state index contributed by atoms with van der Waals surface area (Å²) in [6.07, 6.45) is 5.80. The average molecular weight is 219 g/mol. The van der Waals surface area contributed by atoms with E-state index in [4.69, 9.17) is 0 Å². The molecule has 5 heteroatoms. The molecule has 2 rings (SSSR count). The number of H-pyrrole nitrogens is 1. The molecule has 2 aromatic rings. The molecule has 1 atom stereocenters. The molecule has 0 aliphatic rings. The molecule has 0 spiro atoms. The lowest BCUT2D eigenvalue weighted by Gasteiger charge is -2.10. The summed E-state index contributed by atoms with van der Waals surface area (Å²) in [4.78, 5) is 0. The van der Waals surface area contributed by atoms with E-state index in [-0.39, 0.29) is 0 Å². The third-order valence-corrected chi connectivity index (χ3v) is 2.73. The van der Waals surface area contributed by atoms with Crippen LogP contribution in [-0.4, -0.2) is 20.0 Å². The van der Waals surface area contributed by atoms with Gasteiger partial charge >= 0.3 is 0 Å². The summed E-state index contributed by atoms with van der Waals surface area (Å²) >= 11 is 0. The first kappa shape index (κ1) is 10.9. The minimum Gasteiger partial charge on any atom is -0.306 e. The molecule has 0 fully saturated rings. The molecule has 86 valence electrons. The van der Waals surface area contributed by atoms with Crippen molar-refractivity contribution in [1.82, 2.24) is 25.3 Å². The van der Waals surface area contributed by atoms with E-state index in [0.29, 0.717) is 6.04 Å². The Morgan fingerprint density at radius 1 is 1.56 bits per heavy atom. The minimum absolute atomic E-state index is 0.290. The molecular weight excluding hydrogens is 202 g/mol. The summed E-state index contributed by atoms with van der Waals surface area (Å²) < 4.78 is 1.84. The lowest BCUT2D eigenvalue weighted by atomic mass is 10.2. The van der Waals surface area contributed by atoms with Crippen molar-refractivity contribution in [2.45, 2.75) is 26.4 Å². The molecule has 0 radical (unpaired) electrons. The van der Waals surface area contributed by atoms with Crippen LogP contribution in [0, 0.1) is 6.92 Å². The van der Waals surface area contributed by atoms with Gasteiger partial charge in [0.2, 0.25) is 0 Å². The van der Waals surface area contributed by atoms with Gasteiger partial charge in [0.1, 0.15) is 0 Å². The van der Waals surface area contributed by atoms with Crippen LogP contribution in [0.4, 0.5) is 0 Å². The smallest absolute Gasteiger partial charge is 0.0638 e. The fourth-order valence-corrected chi connectivity index (χ4v) is 1.70. The minimum atomic E-state index is 0.290. The molecular formula is C11H17N5. The molecule has 2 aromatic heterocycles. The van der Waals surface area contributed by atoms with E-state index in [0.717, 1.165) is 12.2 Å². The quantitative estimate of drug-likeness (QED) is 0.815. The number of nitrogens with one attached hydrogen (secondary N) is 2. The van der Waals surface area contributed by atoms with Crippen LogP contribution < -0.4 is 5.32 Å². The lowest BCUT2D eigenvalue weighted by molar-refractivity contribution is 0.573. The number of aromatic amines is 1. The van der Waals surface area contributed by atoms with E-state index in [2.05, 4.69) is 27.5 Å². The maximum Gasteiger partial charge on any atom is 0.0638 e. The summed E-state index contributed by atoms with van der Waals surface area (Å²) in [5.74, 6) is 0. The van der Waals surface area contributed by atoms with Crippen molar-refractivity contribution < 1.29 is 0 Å². The average Bonchev–Trinajstić information content (AvgIpc) is 2.84. The molecule has 2 heterocycles. The summed E-state index contributed by atoms with van der Waals surface area (Å²) in [6.45, 7) is 4.97. The normalized spacial score (nSPS) is 12.9. The Morgan fingerprint density at radius 3 is 2.94 bits per heavy atom. The van der Waals surface area contributed by atoms with Gasteiger partial charge in [-0.05, 0) is 13.8 Å². The first-order chi connectivity index (χ1) is 7.66. The molecule has 1 unspecified atom stereocenters. The zero-order valence-corrected chi connectivity index (χ0v) is 9.86. The van der Waals surface area contributed by atoms with Crippen molar-refractivity contribution >= 4 is 0 Å². The van der Waals surface area contributed by atoms with Gasteiger partial charge in [-0.25, -0.2) is 0 Å². The van der Waals surface area contributed by atoms with Crippen LogP contribution in [0.2, 0.25) is 0 Å². The van der Waals surface area contributed by atoms with E-state index in [1.54, 1.807) is 0 Å². The summed E-state index contributed by atoms with van der Waals surface area (Å²) in [7, 11) is 1.94. The van der Waals surface area contributed by atoms with Crippen LogP contribution in [-0.2, 0) is 13.6 Å². The lowest BCUT2D eigenvalue weighted by Crippen LogP contribution is -2.17. The second-order valence-corrected chi connectivity index (χ2v) is 4.05. The van der Waals surface area contributed by atoms with Crippen molar-refractivity contribution in [1.29, 1.82) is 0 Å². The summed E-state index contributed by atoms with van der Waals surface area (Å²) in [5.41, 5.74) is 3.48. The van der Waals surface area contributed by atoms with Gasteiger partial charge in [-0.1, -0.05) is 0 Å². The third-order valence-electron chi connectivity index (χ3n) is 2.73. The van der Waals surface area contributed by atoms with Crippen molar-refractivity contribution in [3.63, 3.8) is 0 Å². The van der Waals surface area contributed by atoms with Crippen molar-refractivity contribution in [3.8, 4) is 0 Å². The number of rotatable bonds is 4. The topological polar surface area (TPSA) is 58.5 Å². The molecule has 0 saturated carbocycles. The van der Waals surface area contributed by atoms with Crippen LogP contribution in [0.25, 0.3) is 0 Å². The van der Waals surface area contributed by atoms with Crippen molar-refractivity contribution in [2.24, 2.45) is 7.05 Å². The van der Waals surface area contributed by atoms with Crippen LogP contribution in [0.1, 0.15) is 29.8 Å². The monoisotopic (exact) mass is 219 g/mol. The number of aryl methyl sites for hydroxylation is 2. The Hall–Kier alpha value is -1.62. The zero-order chi connectivity index (χ0) is 11.5. The van der Waals surface area contributed by atoms with Gasteiger partial charge in [-0.3, -0.25) is 9.78 Å². The Labute approximate surface area is 94.9 Å². The van der Waals surface area contributed by atoms with Crippen molar-refractivity contribution in [2.75, 3.05) is 0 Å². The van der Waals surface area contributed by atoms with E-state index in [1.165, 1.54) is 11.1 Å². The molecule has 0 amide bonds. The molecule has 0 bridgehead atoms.